The lowest BCUT2D eigenvalue weighted by Crippen LogP contribution is -2.36. The second kappa shape index (κ2) is 18.6. The summed E-state index contributed by atoms with van der Waals surface area (Å²) in [6.45, 7) is 8.00. The van der Waals surface area contributed by atoms with Crippen LogP contribution in [0.25, 0.3) is 0 Å². The summed E-state index contributed by atoms with van der Waals surface area (Å²) in [6.07, 6.45) is 10.9. The van der Waals surface area contributed by atoms with Gasteiger partial charge in [0.1, 0.15) is 5.75 Å². The van der Waals surface area contributed by atoms with Gasteiger partial charge in [0.15, 0.2) is 11.6 Å². The van der Waals surface area contributed by atoms with Crippen molar-refractivity contribution in [1.82, 2.24) is 0 Å². The zero-order chi connectivity index (χ0) is 34.8. The monoisotopic (exact) mass is 674 g/mol. The minimum atomic E-state index is -0.288. The van der Waals surface area contributed by atoms with E-state index in [2.05, 4.69) is 71.3 Å². The molecular formula is C45H58N2O3. The van der Waals surface area contributed by atoms with Crippen molar-refractivity contribution in [2.24, 2.45) is 11.8 Å². The fourth-order valence-corrected chi connectivity index (χ4v) is 8.06. The van der Waals surface area contributed by atoms with Crippen molar-refractivity contribution in [1.29, 1.82) is 0 Å². The highest BCUT2D eigenvalue weighted by atomic mass is 16.3. The van der Waals surface area contributed by atoms with E-state index in [9.17, 15) is 14.7 Å². The first-order chi connectivity index (χ1) is 24.1. The molecule has 50 heavy (non-hydrogen) atoms. The summed E-state index contributed by atoms with van der Waals surface area (Å²) in [6, 6.07) is 30.4. The highest BCUT2D eigenvalue weighted by Gasteiger charge is 2.38. The number of hydrogen-bond acceptors (Lipinski definition) is 5. The first-order valence-corrected chi connectivity index (χ1v) is 18.8. The summed E-state index contributed by atoms with van der Waals surface area (Å²) in [4.78, 5) is 28.5. The van der Waals surface area contributed by atoms with Gasteiger partial charge in [-0.05, 0) is 79.7 Å². The maximum atomic E-state index is 14.3. The molecule has 0 aliphatic heterocycles. The molecule has 5 nitrogen and oxygen atoms in total. The Morgan fingerprint density at radius 2 is 0.980 bits per heavy atom. The zero-order valence-electron chi connectivity index (χ0n) is 29.8. The molecule has 0 amide bonds. The Bertz CT molecular complexity index is 1680. The number of anilines is 2. The van der Waals surface area contributed by atoms with Gasteiger partial charge in [-0.1, -0.05) is 134 Å². The number of phenolic OH excluding ortho intramolecular Hbond substituents is 1. The molecule has 0 aromatic heterocycles. The third-order valence-corrected chi connectivity index (χ3v) is 10.4. The number of rotatable bonds is 8. The topological polar surface area (TPSA) is 78.4 Å². The minimum absolute atomic E-state index is 0. The molecule has 4 atom stereocenters. The van der Waals surface area contributed by atoms with Gasteiger partial charge in [-0.15, -0.1) is 0 Å². The Labute approximate surface area is 300 Å². The fourth-order valence-electron chi connectivity index (χ4n) is 8.06. The predicted molar refractivity (Wildman–Crippen MR) is 210 cm³/mol. The molecule has 3 aliphatic carbocycles. The van der Waals surface area contributed by atoms with E-state index in [-0.39, 0.29) is 48.0 Å². The Morgan fingerprint density at radius 3 is 1.46 bits per heavy atom. The zero-order valence-corrected chi connectivity index (χ0v) is 29.8. The standard InChI is InChI=1S/C40H42N2O3.2C2H6.CH4/c43-35-21-11-18-30-36(35)40(45)38-34(42-32-20-10-8-17-29(32)25-27-14-5-2-6-15-27)23-22-33(37(38)39(30)44)41-31-19-9-7-16-28(31)24-26-12-3-1-4-13-26;2*1-2;/h1-6,11-15,18,21-23,28-29,31-32,41-43H,7-10,16-17,19-20,24-25H2;2*1-2H3;1H4. The van der Waals surface area contributed by atoms with E-state index in [1.807, 2.05) is 39.8 Å². The second-order valence-corrected chi connectivity index (χ2v) is 13.2. The number of carbonyl (C=O) groups excluding carboxylic acids is 2. The third-order valence-electron chi connectivity index (χ3n) is 10.4. The van der Waals surface area contributed by atoms with Crippen LogP contribution in [0, 0.1) is 11.8 Å². The number of carbonyl (C=O) groups is 2. The van der Waals surface area contributed by atoms with Crippen molar-refractivity contribution in [2.45, 2.75) is 111 Å². The molecule has 4 aromatic rings. The number of benzene rings is 4. The van der Waals surface area contributed by atoms with Crippen molar-refractivity contribution in [3.05, 3.63) is 124 Å². The molecule has 2 saturated carbocycles. The van der Waals surface area contributed by atoms with Gasteiger partial charge in [0, 0.05) is 29.0 Å². The summed E-state index contributed by atoms with van der Waals surface area (Å²) >= 11 is 0. The molecule has 4 aromatic carbocycles. The smallest absolute Gasteiger partial charge is 0.200 e. The van der Waals surface area contributed by atoms with Crippen LogP contribution in [-0.4, -0.2) is 28.8 Å². The van der Waals surface area contributed by atoms with E-state index in [0.717, 1.165) is 57.1 Å². The number of phenols is 1. The van der Waals surface area contributed by atoms with Crippen LogP contribution in [-0.2, 0) is 12.8 Å². The van der Waals surface area contributed by atoms with Gasteiger partial charge in [0.2, 0.25) is 0 Å². The van der Waals surface area contributed by atoms with Crippen molar-refractivity contribution < 1.29 is 14.7 Å². The summed E-state index contributed by atoms with van der Waals surface area (Å²) < 4.78 is 0. The van der Waals surface area contributed by atoms with Gasteiger partial charge in [0.25, 0.3) is 0 Å². The van der Waals surface area contributed by atoms with Gasteiger partial charge in [-0.2, -0.15) is 0 Å². The summed E-state index contributed by atoms with van der Waals surface area (Å²) in [7, 11) is 0. The average molecular weight is 675 g/mol. The number of aromatic hydroxyl groups is 1. The van der Waals surface area contributed by atoms with Gasteiger partial charge >= 0.3 is 0 Å². The third kappa shape index (κ3) is 8.49. The van der Waals surface area contributed by atoms with E-state index >= 15 is 0 Å². The first kappa shape index (κ1) is 38.4. The molecular weight excluding hydrogens is 617 g/mol. The second-order valence-electron chi connectivity index (χ2n) is 13.2. The lowest BCUT2D eigenvalue weighted by atomic mass is 9.78. The maximum absolute atomic E-state index is 14.3. The lowest BCUT2D eigenvalue weighted by Gasteiger charge is -2.36. The predicted octanol–water partition coefficient (Wildman–Crippen LogP) is 11.3. The van der Waals surface area contributed by atoms with Crippen molar-refractivity contribution >= 4 is 22.9 Å². The Morgan fingerprint density at radius 1 is 0.540 bits per heavy atom. The molecule has 7 rings (SSSR count). The molecule has 0 bridgehead atoms. The Hall–Kier alpha value is -4.38. The van der Waals surface area contributed by atoms with Crippen LogP contribution < -0.4 is 10.6 Å². The minimum Gasteiger partial charge on any atom is -0.507 e. The highest BCUT2D eigenvalue weighted by Crippen LogP contribution is 2.42. The first-order valence-electron chi connectivity index (χ1n) is 18.8. The van der Waals surface area contributed by atoms with Crippen molar-refractivity contribution in [3.63, 3.8) is 0 Å². The normalized spacial score (nSPS) is 20.7. The molecule has 0 spiro atoms. The molecule has 5 heteroatoms. The molecule has 266 valence electrons. The van der Waals surface area contributed by atoms with Crippen LogP contribution in [0.15, 0.2) is 91.0 Å². The molecule has 0 saturated heterocycles. The number of hydrogen-bond donors (Lipinski definition) is 3. The largest absolute Gasteiger partial charge is 0.507 e. The Kier molecular flexibility index (Phi) is 14.3. The summed E-state index contributed by atoms with van der Waals surface area (Å²) in [5.41, 5.74) is 5.26. The molecule has 0 heterocycles. The number of nitrogens with one attached hydrogen (secondary N) is 2. The van der Waals surface area contributed by atoms with Crippen LogP contribution in [0.2, 0.25) is 0 Å². The molecule has 3 N–H and O–H groups in total. The fraction of sp³-hybridized carbons (Fsp3) is 0.422. The van der Waals surface area contributed by atoms with Gasteiger partial charge < -0.3 is 15.7 Å². The summed E-state index contributed by atoms with van der Waals surface area (Å²) in [5.74, 6) is 0.216. The van der Waals surface area contributed by atoms with Gasteiger partial charge in [-0.3, -0.25) is 9.59 Å². The van der Waals surface area contributed by atoms with Crippen LogP contribution in [0.1, 0.15) is 129 Å². The molecule has 4 unspecified atom stereocenters. The van der Waals surface area contributed by atoms with E-state index in [0.29, 0.717) is 28.7 Å². The van der Waals surface area contributed by atoms with Gasteiger partial charge in [0.05, 0.1) is 16.7 Å². The lowest BCUT2D eigenvalue weighted by molar-refractivity contribution is 0.0977. The van der Waals surface area contributed by atoms with E-state index in [1.54, 1.807) is 12.1 Å². The van der Waals surface area contributed by atoms with E-state index < -0.39 is 0 Å². The van der Waals surface area contributed by atoms with E-state index in [4.69, 9.17) is 0 Å². The van der Waals surface area contributed by atoms with Crippen LogP contribution in [0.3, 0.4) is 0 Å². The SMILES string of the molecule is C.CC.CC.O=C1c2cccc(O)c2C(=O)c2c(NC3CCCCC3Cc3ccccc3)ccc(NC3CCCCC3Cc3ccccc3)c21. The Balaban J connectivity index is 0.00000109. The molecule has 2 fully saturated rings. The van der Waals surface area contributed by atoms with Gasteiger partial charge in [-0.25, -0.2) is 0 Å². The van der Waals surface area contributed by atoms with Crippen molar-refractivity contribution in [2.75, 3.05) is 10.6 Å². The number of fused-ring (bicyclic) bond motifs is 2. The highest BCUT2D eigenvalue weighted by molar-refractivity contribution is 6.32. The molecule has 0 radical (unpaired) electrons. The van der Waals surface area contributed by atoms with Crippen LogP contribution in [0.4, 0.5) is 11.4 Å². The average Bonchev–Trinajstić information content (AvgIpc) is 3.15. The van der Waals surface area contributed by atoms with E-state index in [1.165, 1.54) is 30.0 Å². The van der Waals surface area contributed by atoms with Crippen LogP contribution in [0.5, 0.6) is 5.75 Å². The quantitative estimate of drug-likeness (QED) is 0.153. The summed E-state index contributed by atoms with van der Waals surface area (Å²) in [5, 5.41) is 18.3. The maximum Gasteiger partial charge on any atom is 0.200 e. The molecule has 3 aliphatic rings. The van der Waals surface area contributed by atoms with Crippen LogP contribution >= 0.6 is 0 Å². The van der Waals surface area contributed by atoms with Crippen molar-refractivity contribution in [3.8, 4) is 5.75 Å². The number of ketones is 2.